The van der Waals surface area contributed by atoms with E-state index in [-0.39, 0.29) is 11.4 Å². The lowest BCUT2D eigenvalue weighted by Crippen LogP contribution is -2.40. The standard InChI is InChI=1S/C14H21NOS/c1-14(2,3)15-13(16)9-10-17-11-12-7-5-4-6-8-12/h4-8H,9-11H2,1-3H3,(H,15,16). The fraction of sp³-hybridized carbons (Fsp3) is 0.500. The van der Waals surface area contributed by atoms with Crippen LogP contribution in [0.2, 0.25) is 0 Å². The zero-order chi connectivity index (χ0) is 12.7. The first kappa shape index (κ1) is 14.1. The molecule has 0 saturated carbocycles. The Morgan fingerprint density at radius 3 is 2.47 bits per heavy atom. The van der Waals surface area contributed by atoms with Crippen molar-refractivity contribution in [3.8, 4) is 0 Å². The SMILES string of the molecule is CC(C)(C)NC(=O)CCSCc1ccccc1. The van der Waals surface area contributed by atoms with E-state index in [9.17, 15) is 4.79 Å². The highest BCUT2D eigenvalue weighted by Crippen LogP contribution is 2.12. The highest BCUT2D eigenvalue weighted by atomic mass is 32.2. The first-order valence-corrected chi connectivity index (χ1v) is 7.05. The summed E-state index contributed by atoms with van der Waals surface area (Å²) < 4.78 is 0. The molecule has 2 nitrogen and oxygen atoms in total. The lowest BCUT2D eigenvalue weighted by Gasteiger charge is -2.20. The number of benzene rings is 1. The number of hydrogen-bond acceptors (Lipinski definition) is 2. The van der Waals surface area contributed by atoms with Crippen molar-refractivity contribution in [1.29, 1.82) is 0 Å². The van der Waals surface area contributed by atoms with Gasteiger partial charge >= 0.3 is 0 Å². The maximum Gasteiger partial charge on any atom is 0.221 e. The Bertz CT molecular complexity index is 343. The maximum atomic E-state index is 11.5. The lowest BCUT2D eigenvalue weighted by molar-refractivity contribution is -0.122. The van der Waals surface area contributed by atoms with Gasteiger partial charge in [-0.3, -0.25) is 4.79 Å². The zero-order valence-corrected chi connectivity index (χ0v) is 11.6. The third-order valence-corrected chi connectivity index (χ3v) is 3.13. The Hall–Kier alpha value is -0.960. The Balaban J connectivity index is 2.14. The van der Waals surface area contributed by atoms with Gasteiger partial charge in [-0.2, -0.15) is 11.8 Å². The van der Waals surface area contributed by atoms with Crippen molar-refractivity contribution in [2.24, 2.45) is 0 Å². The van der Waals surface area contributed by atoms with Crippen molar-refractivity contribution in [3.63, 3.8) is 0 Å². The van der Waals surface area contributed by atoms with E-state index in [0.717, 1.165) is 11.5 Å². The van der Waals surface area contributed by atoms with Gasteiger partial charge in [-0.25, -0.2) is 0 Å². The molecule has 3 heteroatoms. The van der Waals surface area contributed by atoms with Crippen LogP contribution in [0.15, 0.2) is 30.3 Å². The average molecular weight is 251 g/mol. The molecule has 0 radical (unpaired) electrons. The molecule has 0 aromatic heterocycles. The number of nitrogens with one attached hydrogen (secondary N) is 1. The van der Waals surface area contributed by atoms with Crippen molar-refractivity contribution in [2.75, 3.05) is 5.75 Å². The van der Waals surface area contributed by atoms with Crippen LogP contribution in [0.25, 0.3) is 0 Å². The molecule has 0 aliphatic heterocycles. The highest BCUT2D eigenvalue weighted by Gasteiger charge is 2.12. The summed E-state index contributed by atoms with van der Waals surface area (Å²) in [5.41, 5.74) is 1.19. The monoisotopic (exact) mass is 251 g/mol. The third kappa shape index (κ3) is 7.05. The Morgan fingerprint density at radius 1 is 1.24 bits per heavy atom. The summed E-state index contributed by atoms with van der Waals surface area (Å²) in [7, 11) is 0. The van der Waals surface area contributed by atoms with Gasteiger partial charge < -0.3 is 5.32 Å². The topological polar surface area (TPSA) is 29.1 Å². The fourth-order valence-corrected chi connectivity index (χ4v) is 2.31. The second-order valence-electron chi connectivity index (χ2n) is 5.09. The van der Waals surface area contributed by atoms with Gasteiger partial charge in [0.15, 0.2) is 0 Å². The van der Waals surface area contributed by atoms with E-state index in [2.05, 4.69) is 17.4 Å². The molecule has 1 amide bonds. The minimum atomic E-state index is -0.124. The number of thioether (sulfide) groups is 1. The highest BCUT2D eigenvalue weighted by molar-refractivity contribution is 7.98. The van der Waals surface area contributed by atoms with Crippen LogP contribution in [0.1, 0.15) is 32.8 Å². The quantitative estimate of drug-likeness (QED) is 0.814. The summed E-state index contributed by atoms with van der Waals surface area (Å²) in [5.74, 6) is 1.98. The summed E-state index contributed by atoms with van der Waals surface area (Å²) in [5, 5.41) is 2.97. The molecule has 94 valence electrons. The summed E-state index contributed by atoms with van der Waals surface area (Å²) in [6, 6.07) is 10.3. The van der Waals surface area contributed by atoms with Gasteiger partial charge in [0.2, 0.25) is 5.91 Å². The number of hydrogen-bond donors (Lipinski definition) is 1. The van der Waals surface area contributed by atoms with Crippen molar-refractivity contribution >= 4 is 17.7 Å². The van der Waals surface area contributed by atoms with Crippen molar-refractivity contribution in [3.05, 3.63) is 35.9 Å². The van der Waals surface area contributed by atoms with Crippen LogP contribution in [0.4, 0.5) is 0 Å². The Morgan fingerprint density at radius 2 is 1.88 bits per heavy atom. The first-order chi connectivity index (χ1) is 7.97. The van der Waals surface area contributed by atoms with Crippen LogP contribution < -0.4 is 5.32 Å². The second-order valence-corrected chi connectivity index (χ2v) is 6.19. The maximum absolute atomic E-state index is 11.5. The number of amides is 1. The molecule has 0 heterocycles. The van der Waals surface area contributed by atoms with Crippen LogP contribution >= 0.6 is 11.8 Å². The van der Waals surface area contributed by atoms with Gasteiger partial charge in [0, 0.05) is 23.5 Å². The van der Waals surface area contributed by atoms with Crippen LogP contribution in [-0.2, 0) is 10.5 Å². The molecule has 0 bridgehead atoms. The molecule has 0 atom stereocenters. The molecular formula is C14H21NOS. The predicted molar refractivity (Wildman–Crippen MR) is 75.1 cm³/mol. The van der Waals surface area contributed by atoms with Gasteiger partial charge in [-0.15, -0.1) is 0 Å². The fourth-order valence-electron chi connectivity index (χ4n) is 1.41. The van der Waals surface area contributed by atoms with Gasteiger partial charge in [0.25, 0.3) is 0 Å². The molecule has 1 aromatic rings. The van der Waals surface area contributed by atoms with Gasteiger partial charge in [0.05, 0.1) is 0 Å². The normalized spacial score (nSPS) is 11.2. The molecule has 0 saturated heterocycles. The van der Waals surface area contributed by atoms with Gasteiger partial charge in [0.1, 0.15) is 0 Å². The van der Waals surface area contributed by atoms with Crippen LogP contribution in [0.3, 0.4) is 0 Å². The number of carbonyl (C=O) groups excluding carboxylic acids is 1. The van der Waals surface area contributed by atoms with Crippen molar-refractivity contribution < 1.29 is 4.79 Å². The second kappa shape index (κ2) is 6.70. The summed E-state index contributed by atoms with van der Waals surface area (Å²) in [4.78, 5) is 11.5. The van der Waals surface area contributed by atoms with Crippen LogP contribution in [-0.4, -0.2) is 17.2 Å². The molecule has 1 rings (SSSR count). The molecule has 0 aliphatic rings. The predicted octanol–water partition coefficient (Wildman–Crippen LogP) is 3.22. The molecule has 0 unspecified atom stereocenters. The minimum absolute atomic E-state index is 0.124. The van der Waals surface area contributed by atoms with E-state index >= 15 is 0 Å². The smallest absolute Gasteiger partial charge is 0.221 e. The van der Waals surface area contributed by atoms with Gasteiger partial charge in [-0.1, -0.05) is 30.3 Å². The molecule has 0 spiro atoms. The van der Waals surface area contributed by atoms with E-state index in [1.165, 1.54) is 5.56 Å². The summed E-state index contributed by atoms with van der Waals surface area (Å²) in [6.07, 6.45) is 0.592. The Kier molecular flexibility index (Phi) is 5.56. The minimum Gasteiger partial charge on any atom is -0.351 e. The van der Waals surface area contributed by atoms with Gasteiger partial charge in [-0.05, 0) is 26.3 Å². The van der Waals surface area contributed by atoms with E-state index in [1.54, 1.807) is 11.8 Å². The lowest BCUT2D eigenvalue weighted by atomic mass is 10.1. The molecular weight excluding hydrogens is 230 g/mol. The van der Waals surface area contributed by atoms with E-state index in [1.807, 2.05) is 39.0 Å². The van der Waals surface area contributed by atoms with Crippen LogP contribution in [0.5, 0.6) is 0 Å². The molecule has 17 heavy (non-hydrogen) atoms. The van der Waals surface area contributed by atoms with Crippen molar-refractivity contribution in [1.82, 2.24) is 5.32 Å². The Labute approximate surface area is 108 Å². The molecule has 1 N–H and O–H groups in total. The number of rotatable bonds is 5. The zero-order valence-electron chi connectivity index (χ0n) is 10.8. The molecule has 0 aliphatic carbocycles. The average Bonchev–Trinajstić information content (AvgIpc) is 2.23. The van der Waals surface area contributed by atoms with Crippen molar-refractivity contribution in [2.45, 2.75) is 38.5 Å². The summed E-state index contributed by atoms with van der Waals surface area (Å²) >= 11 is 1.80. The summed E-state index contributed by atoms with van der Waals surface area (Å²) in [6.45, 7) is 6.01. The van der Waals surface area contributed by atoms with E-state index in [4.69, 9.17) is 0 Å². The largest absolute Gasteiger partial charge is 0.351 e. The third-order valence-electron chi connectivity index (χ3n) is 2.10. The molecule has 1 aromatic carbocycles. The van der Waals surface area contributed by atoms with Crippen LogP contribution in [0, 0.1) is 0 Å². The van der Waals surface area contributed by atoms with E-state index < -0.39 is 0 Å². The number of carbonyl (C=O) groups is 1. The first-order valence-electron chi connectivity index (χ1n) is 5.90. The molecule has 0 fully saturated rings. The van der Waals surface area contributed by atoms with E-state index in [0.29, 0.717) is 6.42 Å².